The predicted octanol–water partition coefficient (Wildman–Crippen LogP) is 1.43. The standard InChI is InChI=1S/C17H14ClN3O4/c18-16(17(25)19-10-14(22)23)21-20-13-9-5-4-8-12(13)15(24)11-6-2-1-3-7-11/h1-9,16H,10H2,(H,19,25)(H,22,23)/p-1. The smallest absolute Gasteiger partial charge is 0.262 e. The predicted molar refractivity (Wildman–Crippen MR) is 88.5 cm³/mol. The lowest BCUT2D eigenvalue weighted by molar-refractivity contribution is -0.304. The third-order valence-corrected chi connectivity index (χ3v) is 3.36. The summed E-state index contributed by atoms with van der Waals surface area (Å²) >= 11 is 5.74. The number of nitrogens with zero attached hydrogens (tertiary/aromatic N) is 2. The second-order valence-electron chi connectivity index (χ2n) is 4.85. The molecule has 1 unspecified atom stereocenters. The molecule has 25 heavy (non-hydrogen) atoms. The number of nitrogens with one attached hydrogen (secondary N) is 1. The average molecular weight is 359 g/mol. The molecule has 2 aromatic rings. The number of ketones is 1. The van der Waals surface area contributed by atoms with Crippen molar-refractivity contribution in [3.05, 3.63) is 65.7 Å². The SMILES string of the molecule is O=C([O-])CNC(=O)C(Cl)N=Nc1ccccc1C(=O)c1ccccc1. The zero-order chi connectivity index (χ0) is 18.2. The number of carbonyl (C=O) groups is 3. The summed E-state index contributed by atoms with van der Waals surface area (Å²) < 4.78 is 0. The summed E-state index contributed by atoms with van der Waals surface area (Å²) in [6.07, 6.45) is 0. The highest BCUT2D eigenvalue weighted by Crippen LogP contribution is 2.23. The molecule has 0 saturated carbocycles. The van der Waals surface area contributed by atoms with Crippen LogP contribution in [-0.2, 0) is 9.59 Å². The van der Waals surface area contributed by atoms with Crippen LogP contribution < -0.4 is 10.4 Å². The normalized spacial score (nSPS) is 11.9. The largest absolute Gasteiger partial charge is 0.548 e. The van der Waals surface area contributed by atoms with Gasteiger partial charge >= 0.3 is 0 Å². The van der Waals surface area contributed by atoms with Gasteiger partial charge in [0, 0.05) is 5.56 Å². The molecule has 2 rings (SSSR count). The molecule has 2 aromatic carbocycles. The summed E-state index contributed by atoms with van der Waals surface area (Å²) in [7, 11) is 0. The Morgan fingerprint density at radius 3 is 2.36 bits per heavy atom. The Kier molecular flexibility index (Phi) is 6.36. The van der Waals surface area contributed by atoms with Crippen LogP contribution in [0, 0.1) is 0 Å². The Hall–Kier alpha value is -3.06. The molecular formula is C17H13ClN3O4-. The lowest BCUT2D eigenvalue weighted by atomic mass is 10.0. The molecule has 0 aliphatic carbocycles. The van der Waals surface area contributed by atoms with Crippen molar-refractivity contribution in [2.24, 2.45) is 10.2 Å². The number of carboxylic acids is 1. The van der Waals surface area contributed by atoms with Crippen molar-refractivity contribution in [2.75, 3.05) is 6.54 Å². The van der Waals surface area contributed by atoms with Crippen LogP contribution in [-0.4, -0.2) is 29.7 Å². The van der Waals surface area contributed by atoms with Crippen LogP contribution in [0.15, 0.2) is 64.8 Å². The monoisotopic (exact) mass is 358 g/mol. The number of aliphatic carboxylic acids is 1. The summed E-state index contributed by atoms with van der Waals surface area (Å²) in [6.45, 7) is -0.680. The summed E-state index contributed by atoms with van der Waals surface area (Å²) in [4.78, 5) is 34.4. The third kappa shape index (κ3) is 5.22. The zero-order valence-corrected chi connectivity index (χ0v) is 13.6. The fourth-order valence-corrected chi connectivity index (χ4v) is 2.03. The van der Waals surface area contributed by atoms with Crippen molar-refractivity contribution in [3.8, 4) is 0 Å². The molecule has 0 aromatic heterocycles. The number of benzene rings is 2. The Morgan fingerprint density at radius 2 is 1.68 bits per heavy atom. The minimum Gasteiger partial charge on any atom is -0.548 e. The van der Waals surface area contributed by atoms with Crippen LogP contribution in [0.1, 0.15) is 15.9 Å². The van der Waals surface area contributed by atoms with Crippen LogP contribution in [0.25, 0.3) is 0 Å². The van der Waals surface area contributed by atoms with Crippen LogP contribution in [0.4, 0.5) is 5.69 Å². The Balaban J connectivity index is 2.16. The van der Waals surface area contributed by atoms with Gasteiger partial charge in [0.25, 0.3) is 5.91 Å². The minimum atomic E-state index is -1.45. The van der Waals surface area contributed by atoms with Gasteiger partial charge < -0.3 is 15.2 Å². The topological polar surface area (TPSA) is 111 Å². The first kappa shape index (κ1) is 18.3. The van der Waals surface area contributed by atoms with Gasteiger partial charge in [-0.05, 0) is 12.1 Å². The number of carboxylic acid groups (broad SMARTS) is 1. The maximum atomic E-state index is 12.5. The molecule has 7 nitrogen and oxygen atoms in total. The number of azo groups is 1. The van der Waals surface area contributed by atoms with E-state index in [-0.39, 0.29) is 11.5 Å². The molecule has 0 radical (unpaired) electrons. The molecular weight excluding hydrogens is 346 g/mol. The number of hydrogen-bond acceptors (Lipinski definition) is 6. The van der Waals surface area contributed by atoms with E-state index in [1.54, 1.807) is 54.6 Å². The van der Waals surface area contributed by atoms with E-state index >= 15 is 0 Å². The zero-order valence-electron chi connectivity index (χ0n) is 12.9. The Morgan fingerprint density at radius 1 is 1.04 bits per heavy atom. The van der Waals surface area contributed by atoms with Crippen LogP contribution in [0.2, 0.25) is 0 Å². The molecule has 0 heterocycles. The van der Waals surface area contributed by atoms with Crippen molar-refractivity contribution in [1.82, 2.24) is 5.32 Å². The first-order valence-corrected chi connectivity index (χ1v) is 7.64. The number of halogens is 1. The van der Waals surface area contributed by atoms with Crippen LogP contribution >= 0.6 is 11.6 Å². The van der Waals surface area contributed by atoms with Gasteiger partial charge in [0.2, 0.25) is 5.50 Å². The van der Waals surface area contributed by atoms with E-state index in [2.05, 4.69) is 10.2 Å². The maximum absolute atomic E-state index is 12.5. The lowest BCUT2D eigenvalue weighted by Gasteiger charge is -2.07. The van der Waals surface area contributed by atoms with Gasteiger partial charge in [-0.3, -0.25) is 9.59 Å². The quantitative estimate of drug-likeness (QED) is 0.349. The molecule has 0 aliphatic heterocycles. The lowest BCUT2D eigenvalue weighted by Crippen LogP contribution is -2.40. The van der Waals surface area contributed by atoms with E-state index < -0.39 is 23.9 Å². The van der Waals surface area contributed by atoms with Gasteiger partial charge in [0.1, 0.15) is 0 Å². The van der Waals surface area contributed by atoms with E-state index in [4.69, 9.17) is 11.6 Å². The van der Waals surface area contributed by atoms with E-state index in [1.807, 2.05) is 5.32 Å². The van der Waals surface area contributed by atoms with Gasteiger partial charge in [-0.25, -0.2) is 0 Å². The van der Waals surface area contributed by atoms with E-state index in [1.165, 1.54) is 0 Å². The van der Waals surface area contributed by atoms with Crippen molar-refractivity contribution < 1.29 is 19.5 Å². The number of amides is 1. The summed E-state index contributed by atoms with van der Waals surface area (Å²) in [6, 6.07) is 15.1. The second-order valence-corrected chi connectivity index (χ2v) is 5.27. The highest BCUT2D eigenvalue weighted by Gasteiger charge is 2.16. The van der Waals surface area contributed by atoms with E-state index in [0.717, 1.165) is 0 Å². The van der Waals surface area contributed by atoms with Gasteiger partial charge in [-0.2, -0.15) is 10.2 Å². The van der Waals surface area contributed by atoms with Crippen molar-refractivity contribution in [3.63, 3.8) is 0 Å². The summed E-state index contributed by atoms with van der Waals surface area (Å²) in [5.41, 5.74) is -0.398. The maximum Gasteiger partial charge on any atom is 0.262 e. The first-order valence-electron chi connectivity index (χ1n) is 7.20. The highest BCUT2D eigenvalue weighted by molar-refractivity contribution is 6.30. The Labute approximate surface area is 148 Å². The molecule has 1 amide bonds. The van der Waals surface area contributed by atoms with E-state index in [9.17, 15) is 19.5 Å². The summed E-state index contributed by atoms with van der Waals surface area (Å²) in [5, 5.41) is 19.8. The van der Waals surface area contributed by atoms with E-state index in [0.29, 0.717) is 11.1 Å². The molecule has 0 spiro atoms. The van der Waals surface area contributed by atoms with Crippen LogP contribution in [0.5, 0.6) is 0 Å². The van der Waals surface area contributed by atoms with Gasteiger partial charge in [0.15, 0.2) is 5.78 Å². The fraction of sp³-hybridized carbons (Fsp3) is 0.118. The number of rotatable bonds is 7. The van der Waals surface area contributed by atoms with Gasteiger partial charge in [-0.15, -0.1) is 0 Å². The number of hydrogen-bond donors (Lipinski definition) is 1. The summed E-state index contributed by atoms with van der Waals surface area (Å²) in [5.74, 6) is -2.53. The molecule has 8 heteroatoms. The molecule has 1 N–H and O–H groups in total. The first-order chi connectivity index (χ1) is 12.0. The Bertz CT molecular complexity index is 809. The minimum absolute atomic E-state index is 0.245. The van der Waals surface area contributed by atoms with Crippen molar-refractivity contribution in [2.45, 2.75) is 5.50 Å². The second kappa shape index (κ2) is 8.70. The molecule has 0 saturated heterocycles. The third-order valence-electron chi connectivity index (χ3n) is 3.07. The highest BCUT2D eigenvalue weighted by atomic mass is 35.5. The molecule has 0 bridgehead atoms. The van der Waals surface area contributed by atoms with Crippen molar-refractivity contribution >= 4 is 34.9 Å². The van der Waals surface area contributed by atoms with Crippen molar-refractivity contribution in [1.29, 1.82) is 0 Å². The van der Waals surface area contributed by atoms with Gasteiger partial charge in [-0.1, -0.05) is 54.1 Å². The van der Waals surface area contributed by atoms with Crippen LogP contribution in [0.3, 0.4) is 0 Å². The van der Waals surface area contributed by atoms with Gasteiger partial charge in [0.05, 0.1) is 23.8 Å². The number of alkyl halides is 1. The molecule has 0 aliphatic rings. The number of carbonyl (C=O) groups excluding carboxylic acids is 3. The molecule has 128 valence electrons. The fourth-order valence-electron chi connectivity index (χ4n) is 1.91. The molecule has 0 fully saturated rings. The average Bonchev–Trinajstić information content (AvgIpc) is 2.64. The molecule has 1 atom stereocenters.